The summed E-state index contributed by atoms with van der Waals surface area (Å²) in [6, 6.07) is 0.536. The number of rotatable bonds is 4. The molecule has 0 saturated carbocycles. The zero-order valence-corrected chi connectivity index (χ0v) is 8.02. The number of nitrogens with zero attached hydrogens (tertiary/aromatic N) is 1. The third-order valence-corrected chi connectivity index (χ3v) is 2.20. The second-order valence-corrected chi connectivity index (χ2v) is 3.80. The average Bonchev–Trinajstić information content (AvgIpc) is 2.35. The van der Waals surface area contributed by atoms with Crippen LogP contribution in [0.5, 0.6) is 0 Å². The second kappa shape index (κ2) is 4.77. The Morgan fingerprint density at radius 3 is 2.83 bits per heavy atom. The van der Waals surface area contributed by atoms with Crippen molar-refractivity contribution < 1.29 is 4.39 Å². The Morgan fingerprint density at radius 2 is 2.33 bits per heavy atom. The van der Waals surface area contributed by atoms with Crippen molar-refractivity contribution >= 4 is 0 Å². The molecule has 1 rings (SSSR count). The lowest BCUT2D eigenvalue weighted by atomic mass is 10.3. The Balaban J connectivity index is 2.00. The summed E-state index contributed by atoms with van der Waals surface area (Å²) in [4.78, 5) is 2.18. The maximum atomic E-state index is 12.7. The van der Waals surface area contributed by atoms with E-state index < -0.39 is 6.17 Å². The monoisotopic (exact) mass is 174 g/mol. The van der Waals surface area contributed by atoms with Crippen LogP contribution in [0.1, 0.15) is 20.3 Å². The fourth-order valence-electron chi connectivity index (χ4n) is 1.50. The van der Waals surface area contributed by atoms with E-state index in [0.717, 1.165) is 26.1 Å². The van der Waals surface area contributed by atoms with Crippen LogP contribution < -0.4 is 5.32 Å². The van der Waals surface area contributed by atoms with Gasteiger partial charge in [0.25, 0.3) is 0 Å². The number of hydrogen-bond acceptors (Lipinski definition) is 2. The predicted molar refractivity (Wildman–Crippen MR) is 49.1 cm³/mol. The van der Waals surface area contributed by atoms with Crippen LogP contribution in [0.25, 0.3) is 0 Å². The molecule has 0 aliphatic carbocycles. The van der Waals surface area contributed by atoms with Crippen molar-refractivity contribution in [3.63, 3.8) is 0 Å². The first-order valence-corrected chi connectivity index (χ1v) is 4.78. The molecule has 1 aliphatic rings. The predicted octanol–water partition coefficient (Wildman–Crippen LogP) is 1.03. The van der Waals surface area contributed by atoms with E-state index in [2.05, 4.69) is 24.1 Å². The van der Waals surface area contributed by atoms with Gasteiger partial charge in [-0.05, 0) is 6.42 Å². The number of alkyl halides is 1. The van der Waals surface area contributed by atoms with Crippen LogP contribution in [0.4, 0.5) is 4.39 Å². The van der Waals surface area contributed by atoms with Crippen LogP contribution in [-0.2, 0) is 0 Å². The molecule has 72 valence electrons. The first-order chi connectivity index (χ1) is 5.68. The van der Waals surface area contributed by atoms with Gasteiger partial charge in [-0.2, -0.15) is 0 Å². The van der Waals surface area contributed by atoms with Crippen LogP contribution in [0, 0.1) is 0 Å². The molecule has 12 heavy (non-hydrogen) atoms. The van der Waals surface area contributed by atoms with E-state index in [9.17, 15) is 4.39 Å². The van der Waals surface area contributed by atoms with Crippen molar-refractivity contribution in [3.05, 3.63) is 0 Å². The summed E-state index contributed by atoms with van der Waals surface area (Å²) >= 11 is 0. The molecule has 3 heteroatoms. The summed E-state index contributed by atoms with van der Waals surface area (Å²) in [6.07, 6.45) is 0.144. The molecule has 1 atom stereocenters. The molecule has 0 amide bonds. The minimum atomic E-state index is -0.580. The number of halogens is 1. The Hall–Kier alpha value is -0.150. The van der Waals surface area contributed by atoms with Gasteiger partial charge in [0.15, 0.2) is 0 Å². The van der Waals surface area contributed by atoms with Gasteiger partial charge in [0.2, 0.25) is 0 Å². The van der Waals surface area contributed by atoms with Crippen LogP contribution >= 0.6 is 0 Å². The molecule has 0 aromatic heterocycles. The molecule has 2 nitrogen and oxygen atoms in total. The summed E-state index contributed by atoms with van der Waals surface area (Å²) in [7, 11) is 0. The fraction of sp³-hybridized carbons (Fsp3) is 1.00. The van der Waals surface area contributed by atoms with Crippen LogP contribution in [-0.4, -0.2) is 43.3 Å². The molecule has 0 aromatic carbocycles. The van der Waals surface area contributed by atoms with Gasteiger partial charge < -0.3 is 5.32 Å². The summed E-state index contributed by atoms with van der Waals surface area (Å²) in [5.74, 6) is 0. The van der Waals surface area contributed by atoms with E-state index in [0.29, 0.717) is 12.6 Å². The normalized spacial score (nSPS) is 25.5. The highest BCUT2D eigenvalue weighted by atomic mass is 19.1. The molecule has 0 aromatic rings. The Bertz CT molecular complexity index is 128. The Morgan fingerprint density at radius 1 is 1.58 bits per heavy atom. The van der Waals surface area contributed by atoms with Gasteiger partial charge >= 0.3 is 0 Å². The zero-order valence-electron chi connectivity index (χ0n) is 8.02. The first kappa shape index (κ1) is 9.93. The largest absolute Gasteiger partial charge is 0.313 e. The van der Waals surface area contributed by atoms with Gasteiger partial charge in [-0.3, -0.25) is 4.90 Å². The van der Waals surface area contributed by atoms with Crippen molar-refractivity contribution in [2.45, 2.75) is 32.5 Å². The smallest absolute Gasteiger partial charge is 0.114 e. The fourth-order valence-corrected chi connectivity index (χ4v) is 1.50. The van der Waals surface area contributed by atoms with E-state index in [1.165, 1.54) is 0 Å². The van der Waals surface area contributed by atoms with Gasteiger partial charge in [-0.1, -0.05) is 13.8 Å². The van der Waals surface area contributed by atoms with Gasteiger partial charge in [-0.25, -0.2) is 4.39 Å². The van der Waals surface area contributed by atoms with Crippen molar-refractivity contribution in [3.8, 4) is 0 Å². The summed E-state index contributed by atoms with van der Waals surface area (Å²) < 4.78 is 12.7. The first-order valence-electron chi connectivity index (χ1n) is 4.78. The average molecular weight is 174 g/mol. The van der Waals surface area contributed by atoms with E-state index in [1.54, 1.807) is 0 Å². The Labute approximate surface area is 74.1 Å². The van der Waals surface area contributed by atoms with Crippen LogP contribution in [0.15, 0.2) is 0 Å². The van der Waals surface area contributed by atoms with E-state index in [4.69, 9.17) is 0 Å². The third-order valence-electron chi connectivity index (χ3n) is 2.20. The summed E-state index contributed by atoms with van der Waals surface area (Å²) in [5, 5.41) is 3.32. The topological polar surface area (TPSA) is 15.3 Å². The van der Waals surface area contributed by atoms with Crippen molar-refractivity contribution in [2.24, 2.45) is 0 Å². The highest BCUT2D eigenvalue weighted by Gasteiger charge is 2.20. The molecule has 1 N–H and O–H groups in total. The highest BCUT2D eigenvalue weighted by Crippen LogP contribution is 2.10. The number of hydrogen-bond donors (Lipinski definition) is 1. The zero-order chi connectivity index (χ0) is 8.97. The molecule has 0 unspecified atom stereocenters. The standard InChI is InChI=1S/C9H19FN2/c1-8(2)11-4-6-12-5-3-9(10)7-12/h8-9,11H,3-7H2,1-2H3/t9-/m0/s1. The van der Waals surface area contributed by atoms with Crippen molar-refractivity contribution in [1.82, 2.24) is 10.2 Å². The van der Waals surface area contributed by atoms with Crippen LogP contribution in [0.2, 0.25) is 0 Å². The van der Waals surface area contributed by atoms with Gasteiger partial charge in [-0.15, -0.1) is 0 Å². The van der Waals surface area contributed by atoms with Crippen molar-refractivity contribution in [1.29, 1.82) is 0 Å². The molecule has 1 aliphatic heterocycles. The maximum Gasteiger partial charge on any atom is 0.114 e. The molecule has 0 bridgehead atoms. The van der Waals surface area contributed by atoms with Crippen molar-refractivity contribution in [2.75, 3.05) is 26.2 Å². The quantitative estimate of drug-likeness (QED) is 0.684. The minimum Gasteiger partial charge on any atom is -0.313 e. The highest BCUT2D eigenvalue weighted by molar-refractivity contribution is 4.75. The molecular formula is C9H19FN2. The van der Waals surface area contributed by atoms with Gasteiger partial charge in [0.05, 0.1) is 0 Å². The molecule has 0 radical (unpaired) electrons. The SMILES string of the molecule is CC(C)NCCN1CC[C@H](F)C1. The van der Waals surface area contributed by atoms with E-state index in [1.807, 2.05) is 0 Å². The number of nitrogens with one attached hydrogen (secondary N) is 1. The molecule has 1 heterocycles. The molecular weight excluding hydrogens is 155 g/mol. The van der Waals surface area contributed by atoms with Gasteiger partial charge in [0, 0.05) is 32.2 Å². The summed E-state index contributed by atoms with van der Waals surface area (Å²) in [5.41, 5.74) is 0. The van der Waals surface area contributed by atoms with E-state index >= 15 is 0 Å². The molecule has 1 fully saturated rings. The molecule has 0 spiro atoms. The minimum absolute atomic E-state index is 0.536. The lowest BCUT2D eigenvalue weighted by Crippen LogP contribution is -2.33. The summed E-state index contributed by atoms with van der Waals surface area (Å²) in [6.45, 7) is 7.79. The number of likely N-dealkylation sites (tertiary alicyclic amines) is 1. The van der Waals surface area contributed by atoms with E-state index in [-0.39, 0.29) is 0 Å². The Kier molecular flexibility index (Phi) is 3.95. The lowest BCUT2D eigenvalue weighted by molar-refractivity contribution is 0.285. The maximum absolute atomic E-state index is 12.7. The van der Waals surface area contributed by atoms with Gasteiger partial charge in [0.1, 0.15) is 6.17 Å². The third kappa shape index (κ3) is 3.50. The molecule has 1 saturated heterocycles. The second-order valence-electron chi connectivity index (χ2n) is 3.80. The lowest BCUT2D eigenvalue weighted by Gasteiger charge is -2.15. The van der Waals surface area contributed by atoms with Crippen LogP contribution in [0.3, 0.4) is 0 Å².